The molecule has 14 heteroatoms. The number of ether oxygens (including phenoxy) is 3. The van der Waals surface area contributed by atoms with Gasteiger partial charge in [-0.2, -0.15) is 9.65 Å². The quantitative estimate of drug-likeness (QED) is 0.127. The second kappa shape index (κ2) is 16.8. The molecule has 2 fully saturated rings. The molecule has 13 nitrogen and oxygen atoms in total. The van der Waals surface area contributed by atoms with Crippen LogP contribution in [0, 0.1) is 38.1 Å². The van der Waals surface area contributed by atoms with Gasteiger partial charge < -0.3 is 24.0 Å². The third-order valence-corrected chi connectivity index (χ3v) is 10.8. The molecule has 0 N–H and O–H groups in total. The smallest absolute Gasteiger partial charge is 0.220 e. The zero-order valence-corrected chi connectivity index (χ0v) is 32.9. The number of benzene rings is 1. The van der Waals surface area contributed by atoms with E-state index in [4.69, 9.17) is 14.2 Å². The molecule has 0 radical (unpaired) electrons. The van der Waals surface area contributed by atoms with Gasteiger partial charge in [0.25, 0.3) is 0 Å². The molecular weight excluding hydrogens is 736 g/mol. The Kier molecular flexibility index (Phi) is 11.0. The number of hydrogen-bond donors (Lipinski definition) is 0. The molecule has 2 aliphatic heterocycles. The van der Waals surface area contributed by atoms with Gasteiger partial charge >= 0.3 is 0 Å². The van der Waals surface area contributed by atoms with E-state index in [0.717, 1.165) is 65.5 Å². The summed E-state index contributed by atoms with van der Waals surface area (Å²) >= 11 is 0. The van der Waals surface area contributed by atoms with Crippen molar-refractivity contribution in [2.45, 2.75) is 58.7 Å². The van der Waals surface area contributed by atoms with Gasteiger partial charge in [-0.3, -0.25) is 4.98 Å². The van der Waals surface area contributed by atoms with E-state index in [1.54, 1.807) is 56.3 Å². The molecule has 0 bridgehead atoms. The van der Waals surface area contributed by atoms with E-state index >= 15 is 4.39 Å². The van der Waals surface area contributed by atoms with Crippen LogP contribution in [0.1, 0.15) is 47.9 Å². The molecule has 0 saturated carbocycles. The van der Waals surface area contributed by atoms with Crippen LogP contribution in [-0.4, -0.2) is 80.4 Å². The molecule has 5 aromatic heterocycles. The molecule has 7 heterocycles. The lowest BCUT2D eigenvalue weighted by atomic mass is 9.99. The lowest BCUT2D eigenvalue weighted by Crippen LogP contribution is -2.39. The summed E-state index contributed by atoms with van der Waals surface area (Å²) in [5.74, 6) is 2.73. The standard InChI is InChI=1S/C44H43FN10O3/c1-27-17-31(22-47-21-27)40-28(2)43(52-25-50-40)55-15-11-34(12-16-55)58-38-18-30(20-46)5-7-36(38)37-19-32(23-49-42(37)45)41-29(3)44(53-26-51-41)54-13-9-33(10-14-54)57-35-6-8-39(56-4)48-24-35/h5-8,17-19,21-26,33-34H,9-16H2,1-4H3. The van der Waals surface area contributed by atoms with Crippen LogP contribution in [0.5, 0.6) is 17.4 Å². The van der Waals surface area contributed by atoms with E-state index in [9.17, 15) is 5.26 Å². The van der Waals surface area contributed by atoms with Gasteiger partial charge in [0.05, 0.1) is 36.3 Å². The van der Waals surface area contributed by atoms with Crippen molar-refractivity contribution in [1.29, 1.82) is 5.26 Å². The summed E-state index contributed by atoms with van der Waals surface area (Å²) < 4.78 is 33.7. The monoisotopic (exact) mass is 778 g/mol. The molecule has 6 aromatic rings. The lowest BCUT2D eigenvalue weighted by molar-refractivity contribution is 0.169. The zero-order valence-electron chi connectivity index (χ0n) is 32.9. The van der Waals surface area contributed by atoms with Gasteiger partial charge in [0, 0.05) is 110 Å². The first-order chi connectivity index (χ1) is 28.3. The van der Waals surface area contributed by atoms with Crippen LogP contribution in [0.3, 0.4) is 0 Å². The highest BCUT2D eigenvalue weighted by Gasteiger charge is 2.27. The highest BCUT2D eigenvalue weighted by molar-refractivity contribution is 5.77. The number of nitrogens with zero attached hydrogens (tertiary/aromatic N) is 10. The molecule has 0 spiro atoms. The highest BCUT2D eigenvalue weighted by atomic mass is 19.1. The Morgan fingerprint density at radius 1 is 0.672 bits per heavy atom. The number of aromatic nitrogens is 7. The molecule has 0 atom stereocenters. The zero-order chi connectivity index (χ0) is 40.2. The lowest BCUT2D eigenvalue weighted by Gasteiger charge is -2.34. The number of rotatable bonds is 10. The summed E-state index contributed by atoms with van der Waals surface area (Å²) in [6.07, 6.45) is 12.9. The van der Waals surface area contributed by atoms with Crippen molar-refractivity contribution in [2.24, 2.45) is 0 Å². The number of anilines is 2. The summed E-state index contributed by atoms with van der Waals surface area (Å²) in [6, 6.07) is 14.8. The van der Waals surface area contributed by atoms with Crippen molar-refractivity contribution in [2.75, 3.05) is 43.1 Å². The third kappa shape index (κ3) is 8.06. The third-order valence-electron chi connectivity index (χ3n) is 10.8. The van der Waals surface area contributed by atoms with E-state index in [0.29, 0.717) is 65.7 Å². The minimum Gasteiger partial charge on any atom is -0.490 e. The van der Waals surface area contributed by atoms with Crippen molar-refractivity contribution < 1.29 is 18.6 Å². The molecule has 0 amide bonds. The van der Waals surface area contributed by atoms with E-state index in [-0.39, 0.29) is 17.8 Å². The second-order valence-corrected chi connectivity index (χ2v) is 14.6. The summed E-state index contributed by atoms with van der Waals surface area (Å²) in [5, 5.41) is 9.80. The van der Waals surface area contributed by atoms with Crippen molar-refractivity contribution in [3.05, 3.63) is 108 Å². The molecule has 8 rings (SSSR count). The van der Waals surface area contributed by atoms with Crippen LogP contribution in [0.2, 0.25) is 0 Å². The fourth-order valence-corrected chi connectivity index (χ4v) is 7.76. The number of halogens is 1. The maximum absolute atomic E-state index is 15.8. The van der Waals surface area contributed by atoms with Crippen LogP contribution >= 0.6 is 0 Å². The van der Waals surface area contributed by atoms with Crippen LogP contribution in [0.25, 0.3) is 33.6 Å². The fourth-order valence-electron chi connectivity index (χ4n) is 7.76. The number of pyridine rings is 3. The predicted molar refractivity (Wildman–Crippen MR) is 217 cm³/mol. The maximum atomic E-state index is 15.8. The van der Waals surface area contributed by atoms with E-state index in [1.807, 2.05) is 39.2 Å². The summed E-state index contributed by atoms with van der Waals surface area (Å²) in [4.78, 5) is 35.7. The summed E-state index contributed by atoms with van der Waals surface area (Å²) in [7, 11) is 1.58. The normalized spacial score (nSPS) is 14.9. The van der Waals surface area contributed by atoms with Crippen molar-refractivity contribution >= 4 is 11.6 Å². The Morgan fingerprint density at radius 3 is 1.90 bits per heavy atom. The second-order valence-electron chi connectivity index (χ2n) is 14.6. The Balaban J connectivity index is 0.980. The van der Waals surface area contributed by atoms with E-state index < -0.39 is 5.95 Å². The van der Waals surface area contributed by atoms with Gasteiger partial charge in [0.1, 0.15) is 48.0 Å². The average Bonchev–Trinajstić information content (AvgIpc) is 3.25. The Morgan fingerprint density at radius 2 is 1.31 bits per heavy atom. The Hall–Kier alpha value is -6.75. The van der Waals surface area contributed by atoms with Gasteiger partial charge in [0.2, 0.25) is 11.8 Å². The largest absolute Gasteiger partial charge is 0.490 e. The first kappa shape index (κ1) is 38.1. The minimum atomic E-state index is -0.645. The van der Waals surface area contributed by atoms with Crippen LogP contribution in [0.4, 0.5) is 16.0 Å². The minimum absolute atomic E-state index is 0.0476. The predicted octanol–water partition coefficient (Wildman–Crippen LogP) is 7.49. The van der Waals surface area contributed by atoms with Gasteiger partial charge in [-0.15, -0.1) is 0 Å². The molecule has 2 aliphatic rings. The van der Waals surface area contributed by atoms with Crippen molar-refractivity contribution in [3.63, 3.8) is 0 Å². The molecular formula is C44H43FN10O3. The number of aryl methyl sites for hydroxylation is 1. The first-order valence-electron chi connectivity index (χ1n) is 19.4. The van der Waals surface area contributed by atoms with Crippen molar-refractivity contribution in [1.82, 2.24) is 34.9 Å². The molecule has 294 valence electrons. The highest BCUT2D eigenvalue weighted by Crippen LogP contribution is 2.38. The number of hydrogen-bond acceptors (Lipinski definition) is 13. The van der Waals surface area contributed by atoms with Crippen LogP contribution in [0.15, 0.2) is 79.9 Å². The topological polar surface area (TPSA) is 148 Å². The van der Waals surface area contributed by atoms with Crippen molar-refractivity contribution in [3.8, 4) is 57.1 Å². The fraction of sp³-hybridized carbons (Fsp3) is 0.318. The molecule has 1 aromatic carbocycles. The van der Waals surface area contributed by atoms with Gasteiger partial charge in [-0.25, -0.2) is 29.9 Å². The molecule has 2 saturated heterocycles. The number of piperidine rings is 2. The first-order valence-corrected chi connectivity index (χ1v) is 19.4. The average molecular weight is 779 g/mol. The summed E-state index contributed by atoms with van der Waals surface area (Å²) in [5.41, 5.74) is 7.23. The van der Waals surface area contributed by atoms with Crippen LogP contribution in [-0.2, 0) is 0 Å². The number of methoxy groups -OCH3 is 1. The SMILES string of the molecule is COc1ccc(OC2CCN(c3ncnc(-c4cnc(F)c(-c5ccc(C#N)cc5OC5CCN(c6ncnc(-c7cncc(C)c7)c6C)CC5)c4)c3C)CC2)cn1. The van der Waals surface area contributed by atoms with Gasteiger partial charge in [-0.1, -0.05) is 0 Å². The van der Waals surface area contributed by atoms with E-state index in [2.05, 4.69) is 56.8 Å². The van der Waals surface area contributed by atoms with Gasteiger partial charge in [-0.05, 0) is 62.7 Å². The number of nitriles is 1. The van der Waals surface area contributed by atoms with Gasteiger partial charge in [0.15, 0.2) is 0 Å². The van der Waals surface area contributed by atoms with E-state index in [1.165, 1.54) is 6.20 Å². The molecule has 0 unspecified atom stereocenters. The summed E-state index contributed by atoms with van der Waals surface area (Å²) in [6.45, 7) is 8.92. The maximum Gasteiger partial charge on any atom is 0.220 e. The Bertz CT molecular complexity index is 2460. The molecule has 0 aliphatic carbocycles. The van der Waals surface area contributed by atoms with Crippen LogP contribution < -0.4 is 24.0 Å². The molecule has 58 heavy (non-hydrogen) atoms. The Labute approximate surface area is 336 Å².